The van der Waals surface area contributed by atoms with Crippen molar-refractivity contribution in [2.75, 3.05) is 0 Å². The molecule has 3 rings (SSSR count). The topological polar surface area (TPSA) is 82.0 Å². The van der Waals surface area contributed by atoms with Crippen molar-refractivity contribution in [3.63, 3.8) is 0 Å². The predicted molar refractivity (Wildman–Crippen MR) is 103 cm³/mol. The number of nitriles is 1. The van der Waals surface area contributed by atoms with Gasteiger partial charge in [0.1, 0.15) is 0 Å². The number of hydrogen-bond donors (Lipinski definition) is 2. The Labute approximate surface area is 158 Å². The van der Waals surface area contributed by atoms with Crippen LogP contribution < -0.4 is 10.6 Å². The summed E-state index contributed by atoms with van der Waals surface area (Å²) >= 11 is 0. The molecule has 1 fully saturated rings. The predicted octanol–water partition coefficient (Wildman–Crippen LogP) is 3.04. The van der Waals surface area contributed by atoms with Crippen LogP contribution in [0.4, 0.5) is 0 Å². The largest absolute Gasteiger partial charge is 0.349 e. The molecule has 1 aliphatic rings. The highest BCUT2D eigenvalue weighted by molar-refractivity contribution is 5.94. The molecule has 0 unspecified atom stereocenters. The number of nitrogens with one attached hydrogen (secondary N) is 2. The Morgan fingerprint density at radius 3 is 2.37 bits per heavy atom. The first-order valence-corrected chi connectivity index (χ1v) is 8.89. The first-order valence-electron chi connectivity index (χ1n) is 8.89. The minimum absolute atomic E-state index is 0.0834. The van der Waals surface area contributed by atoms with Gasteiger partial charge < -0.3 is 10.6 Å². The van der Waals surface area contributed by atoms with E-state index in [1.54, 1.807) is 12.1 Å². The monoisotopic (exact) mass is 359 g/mol. The number of amides is 2. The van der Waals surface area contributed by atoms with Crippen LogP contribution >= 0.6 is 0 Å². The summed E-state index contributed by atoms with van der Waals surface area (Å²) in [6.45, 7) is 3.81. The van der Waals surface area contributed by atoms with Crippen molar-refractivity contribution in [3.8, 4) is 6.07 Å². The summed E-state index contributed by atoms with van der Waals surface area (Å²) in [6, 6.07) is 17.1. The Hall–Kier alpha value is -3.39. The van der Waals surface area contributed by atoms with Gasteiger partial charge in [-0.15, -0.1) is 0 Å². The SMILES string of the molecule is C=CC(=O)NCc1ccc(C(=O)NC2CC(c3ccc(C#N)cc3)C2)cc1. The molecule has 136 valence electrons. The van der Waals surface area contributed by atoms with E-state index >= 15 is 0 Å². The van der Waals surface area contributed by atoms with Crippen molar-refractivity contribution in [3.05, 3.63) is 83.4 Å². The second-order valence-corrected chi connectivity index (χ2v) is 6.69. The summed E-state index contributed by atoms with van der Waals surface area (Å²) in [6.07, 6.45) is 3.04. The highest BCUT2D eigenvalue weighted by Gasteiger charge is 2.31. The molecule has 2 aromatic carbocycles. The van der Waals surface area contributed by atoms with Gasteiger partial charge in [-0.3, -0.25) is 9.59 Å². The molecule has 1 aliphatic carbocycles. The maximum Gasteiger partial charge on any atom is 0.251 e. The smallest absolute Gasteiger partial charge is 0.251 e. The molecule has 0 spiro atoms. The normalized spacial score (nSPS) is 17.9. The zero-order valence-corrected chi connectivity index (χ0v) is 14.9. The lowest BCUT2D eigenvalue weighted by Gasteiger charge is -2.36. The van der Waals surface area contributed by atoms with Crippen LogP contribution in [0.2, 0.25) is 0 Å². The number of rotatable bonds is 6. The molecule has 0 saturated heterocycles. The molecule has 5 nitrogen and oxygen atoms in total. The molecule has 0 bridgehead atoms. The highest BCUT2D eigenvalue weighted by atomic mass is 16.2. The lowest BCUT2D eigenvalue weighted by Crippen LogP contribution is -2.43. The fourth-order valence-electron chi connectivity index (χ4n) is 3.14. The molecule has 0 heterocycles. The zero-order chi connectivity index (χ0) is 19.2. The van der Waals surface area contributed by atoms with Crippen molar-refractivity contribution in [2.24, 2.45) is 0 Å². The average molecular weight is 359 g/mol. The quantitative estimate of drug-likeness (QED) is 0.778. The van der Waals surface area contributed by atoms with E-state index in [-0.39, 0.29) is 17.9 Å². The van der Waals surface area contributed by atoms with E-state index < -0.39 is 0 Å². The van der Waals surface area contributed by atoms with Crippen molar-refractivity contribution in [1.82, 2.24) is 10.6 Å². The fraction of sp³-hybridized carbons (Fsp3) is 0.227. The number of nitrogens with zero attached hydrogens (tertiary/aromatic N) is 1. The van der Waals surface area contributed by atoms with Crippen molar-refractivity contribution >= 4 is 11.8 Å². The lowest BCUT2D eigenvalue weighted by atomic mass is 9.75. The van der Waals surface area contributed by atoms with Crippen LogP contribution in [0.25, 0.3) is 0 Å². The lowest BCUT2D eigenvalue weighted by molar-refractivity contribution is -0.116. The fourth-order valence-corrected chi connectivity index (χ4v) is 3.14. The second kappa shape index (κ2) is 8.33. The minimum Gasteiger partial charge on any atom is -0.349 e. The Bertz CT molecular complexity index is 873. The average Bonchev–Trinajstić information content (AvgIpc) is 2.68. The molecule has 2 amide bonds. The summed E-state index contributed by atoms with van der Waals surface area (Å²) in [5.41, 5.74) is 3.41. The van der Waals surface area contributed by atoms with Gasteiger partial charge in [-0.1, -0.05) is 30.8 Å². The Kier molecular flexibility index (Phi) is 5.68. The molecule has 5 heteroatoms. The van der Waals surface area contributed by atoms with Gasteiger partial charge in [-0.05, 0) is 60.2 Å². The highest BCUT2D eigenvalue weighted by Crippen LogP contribution is 2.37. The van der Waals surface area contributed by atoms with Gasteiger partial charge in [0.05, 0.1) is 11.6 Å². The molecule has 2 N–H and O–H groups in total. The molecule has 2 aromatic rings. The third kappa shape index (κ3) is 4.62. The second-order valence-electron chi connectivity index (χ2n) is 6.69. The molecule has 0 atom stereocenters. The van der Waals surface area contributed by atoms with Gasteiger partial charge in [-0.25, -0.2) is 0 Å². The van der Waals surface area contributed by atoms with E-state index in [0.717, 1.165) is 18.4 Å². The summed E-state index contributed by atoms with van der Waals surface area (Å²) < 4.78 is 0. The van der Waals surface area contributed by atoms with Gasteiger partial charge >= 0.3 is 0 Å². The van der Waals surface area contributed by atoms with Gasteiger partial charge in [0.25, 0.3) is 5.91 Å². The van der Waals surface area contributed by atoms with Crippen LogP contribution in [-0.2, 0) is 11.3 Å². The minimum atomic E-state index is -0.223. The molecule has 0 aromatic heterocycles. The van der Waals surface area contributed by atoms with Gasteiger partial charge in [-0.2, -0.15) is 5.26 Å². The van der Waals surface area contributed by atoms with Crippen molar-refractivity contribution < 1.29 is 9.59 Å². The Morgan fingerprint density at radius 2 is 1.78 bits per heavy atom. The van der Waals surface area contributed by atoms with Crippen LogP contribution in [-0.4, -0.2) is 17.9 Å². The number of hydrogen-bond acceptors (Lipinski definition) is 3. The first-order chi connectivity index (χ1) is 13.1. The standard InChI is InChI=1S/C22H21N3O2/c1-2-21(26)24-14-16-5-9-18(10-6-16)22(27)25-20-11-19(12-20)17-7-3-15(13-23)4-8-17/h2-10,19-20H,1,11-12,14H2,(H,24,26)(H,25,27). The van der Waals surface area contributed by atoms with Gasteiger partial charge in [0, 0.05) is 18.2 Å². The Balaban J connectivity index is 1.47. The van der Waals surface area contributed by atoms with Crippen LogP contribution in [0.3, 0.4) is 0 Å². The molecule has 0 radical (unpaired) electrons. The summed E-state index contributed by atoms with van der Waals surface area (Å²) in [5.74, 6) is 0.123. The molecular formula is C22H21N3O2. The molecule has 1 saturated carbocycles. The summed E-state index contributed by atoms with van der Waals surface area (Å²) in [7, 11) is 0. The maximum atomic E-state index is 12.4. The van der Waals surface area contributed by atoms with Gasteiger partial charge in [0.2, 0.25) is 5.91 Å². The van der Waals surface area contributed by atoms with E-state index in [1.165, 1.54) is 11.6 Å². The number of benzene rings is 2. The molecule has 0 aliphatic heterocycles. The Morgan fingerprint density at radius 1 is 1.11 bits per heavy atom. The van der Waals surface area contributed by atoms with E-state index in [9.17, 15) is 9.59 Å². The third-order valence-corrected chi connectivity index (χ3v) is 4.85. The molecule has 27 heavy (non-hydrogen) atoms. The van der Waals surface area contributed by atoms with Crippen molar-refractivity contribution in [1.29, 1.82) is 5.26 Å². The number of carbonyl (C=O) groups is 2. The van der Waals surface area contributed by atoms with Crippen LogP contribution in [0, 0.1) is 11.3 Å². The van der Waals surface area contributed by atoms with E-state index in [4.69, 9.17) is 5.26 Å². The molecular weight excluding hydrogens is 338 g/mol. The third-order valence-electron chi connectivity index (χ3n) is 4.85. The van der Waals surface area contributed by atoms with E-state index in [0.29, 0.717) is 23.6 Å². The summed E-state index contributed by atoms with van der Waals surface area (Å²) in [5, 5.41) is 14.6. The van der Waals surface area contributed by atoms with Crippen LogP contribution in [0.1, 0.15) is 45.8 Å². The van der Waals surface area contributed by atoms with Crippen molar-refractivity contribution in [2.45, 2.75) is 31.3 Å². The number of carbonyl (C=O) groups excluding carboxylic acids is 2. The van der Waals surface area contributed by atoms with Crippen LogP contribution in [0.5, 0.6) is 0 Å². The zero-order valence-electron chi connectivity index (χ0n) is 14.9. The first kappa shape index (κ1) is 18.4. The van der Waals surface area contributed by atoms with E-state index in [2.05, 4.69) is 23.3 Å². The summed E-state index contributed by atoms with van der Waals surface area (Å²) in [4.78, 5) is 23.5. The van der Waals surface area contributed by atoms with Crippen LogP contribution in [0.15, 0.2) is 61.2 Å². The maximum absolute atomic E-state index is 12.4. The van der Waals surface area contributed by atoms with Gasteiger partial charge in [0.15, 0.2) is 0 Å². The van der Waals surface area contributed by atoms with E-state index in [1.807, 2.05) is 36.4 Å².